The van der Waals surface area contributed by atoms with Gasteiger partial charge in [0, 0.05) is 7.11 Å². The van der Waals surface area contributed by atoms with Gasteiger partial charge in [0.1, 0.15) is 24.4 Å². The van der Waals surface area contributed by atoms with Gasteiger partial charge >= 0.3 is 0 Å². The van der Waals surface area contributed by atoms with E-state index < -0.39 is 36.5 Å². The molecule has 5 atom stereocenters. The second-order valence-electron chi connectivity index (χ2n) is 3.26. The van der Waals surface area contributed by atoms with E-state index in [-0.39, 0.29) is 0 Å². The molecule has 2 N–H and O–H groups in total. The molecule has 0 radical (unpaired) electrons. The van der Waals surface area contributed by atoms with E-state index in [1.54, 1.807) is 0 Å². The van der Waals surface area contributed by atoms with Crippen LogP contribution in [-0.4, -0.2) is 53.8 Å². The Kier molecular flexibility index (Phi) is 3.43. The van der Waals surface area contributed by atoms with Crippen molar-refractivity contribution in [3.63, 3.8) is 0 Å². The molecule has 0 aliphatic carbocycles. The predicted octanol–water partition coefficient (Wildman–Crippen LogP) is -2.74. The van der Waals surface area contributed by atoms with E-state index in [0.29, 0.717) is 0 Å². The van der Waals surface area contributed by atoms with Gasteiger partial charge in [-0.2, -0.15) is 0 Å². The molecule has 0 aromatic heterocycles. The van der Waals surface area contributed by atoms with Gasteiger partial charge in [-0.25, -0.2) is 0 Å². The van der Waals surface area contributed by atoms with Gasteiger partial charge in [-0.1, -0.05) is 0 Å². The van der Waals surface area contributed by atoms with Gasteiger partial charge in [0.25, 0.3) is 0 Å². The van der Waals surface area contributed by atoms with Gasteiger partial charge in [0.05, 0.1) is 12.1 Å². The van der Waals surface area contributed by atoms with E-state index in [9.17, 15) is 20.1 Å². The van der Waals surface area contributed by atoms with Gasteiger partial charge in [-0.05, 0) is 6.92 Å². The standard InChI is InChI=1S/C8H14O6/c1-3-4(9)5(10)6(13-2)7(14-3)8(11)12/h3-7,9-10H,1-2H3,(H,11,12)/p-1/t3-,4+,5?,6-,7?/m0/s1. The molecule has 0 amide bonds. The molecule has 0 aromatic rings. The van der Waals surface area contributed by atoms with Crippen LogP contribution in [0.25, 0.3) is 0 Å². The van der Waals surface area contributed by atoms with Crippen LogP contribution >= 0.6 is 0 Å². The average molecular weight is 205 g/mol. The van der Waals surface area contributed by atoms with E-state index in [0.717, 1.165) is 0 Å². The topological polar surface area (TPSA) is 99.1 Å². The van der Waals surface area contributed by atoms with Crippen LogP contribution in [0.2, 0.25) is 0 Å². The van der Waals surface area contributed by atoms with Crippen LogP contribution in [0.3, 0.4) is 0 Å². The van der Waals surface area contributed by atoms with Crippen LogP contribution in [-0.2, 0) is 14.3 Å². The Morgan fingerprint density at radius 1 is 1.43 bits per heavy atom. The quantitative estimate of drug-likeness (QED) is 0.507. The van der Waals surface area contributed by atoms with E-state index in [2.05, 4.69) is 0 Å². The van der Waals surface area contributed by atoms with Crippen molar-refractivity contribution < 1.29 is 29.6 Å². The highest BCUT2D eigenvalue weighted by Gasteiger charge is 2.43. The molecule has 0 saturated carbocycles. The van der Waals surface area contributed by atoms with Crippen molar-refractivity contribution in [2.75, 3.05) is 7.11 Å². The Labute approximate surface area is 81.1 Å². The minimum Gasteiger partial charge on any atom is -0.547 e. The largest absolute Gasteiger partial charge is 0.547 e. The number of aliphatic hydroxyl groups is 2. The van der Waals surface area contributed by atoms with Crippen molar-refractivity contribution in [1.82, 2.24) is 0 Å². The Morgan fingerprint density at radius 3 is 2.43 bits per heavy atom. The second kappa shape index (κ2) is 4.22. The lowest BCUT2D eigenvalue weighted by Gasteiger charge is -2.41. The van der Waals surface area contributed by atoms with Crippen molar-refractivity contribution in [2.45, 2.75) is 37.4 Å². The first kappa shape index (κ1) is 11.4. The number of hydrogen-bond acceptors (Lipinski definition) is 6. The van der Waals surface area contributed by atoms with Crippen molar-refractivity contribution in [3.05, 3.63) is 0 Å². The van der Waals surface area contributed by atoms with Gasteiger partial charge in [-0.3, -0.25) is 0 Å². The number of ether oxygens (including phenoxy) is 2. The Morgan fingerprint density at radius 2 is 2.00 bits per heavy atom. The predicted molar refractivity (Wildman–Crippen MR) is 42.2 cm³/mol. The summed E-state index contributed by atoms with van der Waals surface area (Å²) in [6.07, 6.45) is -5.67. The number of carboxylic acid groups (broad SMARTS) is 1. The lowest BCUT2D eigenvalue weighted by atomic mass is 9.95. The number of methoxy groups -OCH3 is 1. The minimum absolute atomic E-state index is 0.765. The summed E-state index contributed by atoms with van der Waals surface area (Å²) in [6, 6.07) is 0. The fourth-order valence-corrected chi connectivity index (χ4v) is 1.49. The first-order valence-electron chi connectivity index (χ1n) is 4.24. The Bertz CT molecular complexity index is 218. The molecule has 1 saturated heterocycles. The summed E-state index contributed by atoms with van der Waals surface area (Å²) in [5.74, 6) is -1.46. The van der Waals surface area contributed by atoms with E-state index in [1.165, 1.54) is 14.0 Å². The van der Waals surface area contributed by atoms with E-state index in [4.69, 9.17) is 9.47 Å². The van der Waals surface area contributed by atoms with Gasteiger partial charge in [0.2, 0.25) is 0 Å². The zero-order chi connectivity index (χ0) is 10.9. The van der Waals surface area contributed by atoms with Crippen LogP contribution in [0.4, 0.5) is 0 Å². The fraction of sp³-hybridized carbons (Fsp3) is 0.875. The molecule has 0 bridgehead atoms. The third-order valence-electron chi connectivity index (χ3n) is 2.33. The summed E-state index contributed by atoms with van der Waals surface area (Å²) in [5, 5.41) is 29.5. The Balaban J connectivity index is 2.82. The SMILES string of the molecule is CO[C@@H]1C(C(=O)[O-])O[C@@H](C)[C@@H](O)C1O. The first-order chi connectivity index (χ1) is 6.49. The van der Waals surface area contributed by atoms with Gasteiger partial charge < -0.3 is 29.6 Å². The number of carbonyl (C=O) groups excluding carboxylic acids is 1. The molecule has 0 spiro atoms. The van der Waals surface area contributed by atoms with Crippen LogP contribution in [0.5, 0.6) is 0 Å². The highest BCUT2D eigenvalue weighted by molar-refractivity contribution is 5.71. The maximum absolute atomic E-state index is 10.6. The Hall–Kier alpha value is -0.690. The van der Waals surface area contributed by atoms with E-state index in [1.807, 2.05) is 0 Å². The highest BCUT2D eigenvalue weighted by atomic mass is 16.6. The second-order valence-corrected chi connectivity index (χ2v) is 3.26. The van der Waals surface area contributed by atoms with Crippen molar-refractivity contribution in [2.24, 2.45) is 0 Å². The summed E-state index contributed by atoms with van der Waals surface area (Å²) in [4.78, 5) is 10.6. The zero-order valence-corrected chi connectivity index (χ0v) is 7.91. The van der Waals surface area contributed by atoms with Crippen LogP contribution in [0.1, 0.15) is 6.92 Å². The molecule has 6 nitrogen and oxygen atoms in total. The lowest BCUT2D eigenvalue weighted by Crippen LogP contribution is -2.62. The monoisotopic (exact) mass is 205 g/mol. The number of carboxylic acids is 1. The molecular weight excluding hydrogens is 192 g/mol. The van der Waals surface area contributed by atoms with Crippen molar-refractivity contribution in [3.8, 4) is 0 Å². The smallest absolute Gasteiger partial charge is 0.126 e. The summed E-state index contributed by atoms with van der Waals surface area (Å²) in [5.41, 5.74) is 0. The average Bonchev–Trinajstić information content (AvgIpc) is 2.13. The molecular formula is C8H13O6-. The summed E-state index contributed by atoms with van der Waals surface area (Å²) < 4.78 is 9.68. The van der Waals surface area contributed by atoms with Crippen LogP contribution in [0.15, 0.2) is 0 Å². The summed E-state index contributed by atoms with van der Waals surface area (Å²) >= 11 is 0. The molecule has 1 fully saturated rings. The van der Waals surface area contributed by atoms with Crippen molar-refractivity contribution >= 4 is 5.97 Å². The highest BCUT2D eigenvalue weighted by Crippen LogP contribution is 2.22. The number of rotatable bonds is 2. The maximum atomic E-state index is 10.6. The molecule has 14 heavy (non-hydrogen) atoms. The molecule has 1 rings (SSSR count). The lowest BCUT2D eigenvalue weighted by molar-refractivity contribution is -0.333. The zero-order valence-electron chi connectivity index (χ0n) is 7.91. The van der Waals surface area contributed by atoms with Crippen LogP contribution < -0.4 is 5.11 Å². The molecule has 82 valence electrons. The fourth-order valence-electron chi connectivity index (χ4n) is 1.49. The molecule has 1 aliphatic rings. The first-order valence-corrected chi connectivity index (χ1v) is 4.24. The van der Waals surface area contributed by atoms with E-state index >= 15 is 0 Å². The van der Waals surface area contributed by atoms with Gasteiger partial charge in [0.15, 0.2) is 0 Å². The number of aliphatic carboxylic acids is 1. The number of aliphatic hydroxyl groups excluding tert-OH is 2. The van der Waals surface area contributed by atoms with Crippen molar-refractivity contribution in [1.29, 1.82) is 0 Å². The minimum atomic E-state index is -1.46. The molecule has 6 heteroatoms. The molecule has 0 aromatic carbocycles. The molecule has 1 aliphatic heterocycles. The molecule has 2 unspecified atom stereocenters. The summed E-state index contributed by atoms with van der Waals surface area (Å²) in [6.45, 7) is 1.47. The summed E-state index contributed by atoms with van der Waals surface area (Å²) in [7, 11) is 1.23. The normalized spacial score (nSPS) is 43.6. The number of carbonyl (C=O) groups is 1. The van der Waals surface area contributed by atoms with Gasteiger partial charge in [-0.15, -0.1) is 0 Å². The number of hydrogen-bond donors (Lipinski definition) is 2. The molecule has 1 heterocycles. The van der Waals surface area contributed by atoms with Crippen LogP contribution in [0, 0.1) is 0 Å². The third kappa shape index (κ3) is 1.88. The maximum Gasteiger partial charge on any atom is 0.126 e. The third-order valence-corrected chi connectivity index (χ3v) is 2.33.